The van der Waals surface area contributed by atoms with Crippen molar-refractivity contribution in [3.63, 3.8) is 0 Å². The normalized spacial score (nSPS) is 14.2. The first-order chi connectivity index (χ1) is 30.1. The molecule has 2 heterocycles. The van der Waals surface area contributed by atoms with Crippen molar-refractivity contribution in [3.05, 3.63) is 193 Å². The summed E-state index contributed by atoms with van der Waals surface area (Å²) in [5, 5.41) is 13.9. The molecule has 0 fully saturated rings. The van der Waals surface area contributed by atoms with Gasteiger partial charge < -0.3 is 9.80 Å². The van der Waals surface area contributed by atoms with Crippen molar-refractivity contribution >= 4 is 103 Å². The van der Waals surface area contributed by atoms with Crippen LogP contribution in [0.1, 0.15) is 11.1 Å². The van der Waals surface area contributed by atoms with E-state index in [1.165, 1.54) is 121 Å². The molecule has 0 atom stereocenters. The lowest BCUT2D eigenvalue weighted by Crippen LogP contribution is -2.50. The summed E-state index contributed by atoms with van der Waals surface area (Å²) in [6.07, 6.45) is 0. The van der Waals surface area contributed by atoms with E-state index in [1.54, 1.807) is 0 Å². The fraction of sp³-hybridized carbons (Fsp3) is 0.103. The highest BCUT2D eigenvalue weighted by Gasteiger charge is 2.42. The summed E-state index contributed by atoms with van der Waals surface area (Å²) in [7, 11) is -4.15. The average molecular weight is 829 g/mol. The topological polar surface area (TPSA) is 6.48 Å². The van der Waals surface area contributed by atoms with Gasteiger partial charge in [-0.25, -0.2) is 0 Å². The quantitative estimate of drug-likeness (QED) is 0.122. The van der Waals surface area contributed by atoms with Crippen LogP contribution in [-0.2, 0) is 0 Å². The van der Waals surface area contributed by atoms with Crippen LogP contribution in [0.5, 0.6) is 0 Å². The monoisotopic (exact) mass is 828 g/mol. The van der Waals surface area contributed by atoms with Gasteiger partial charge in [-0.2, -0.15) is 0 Å². The van der Waals surface area contributed by atoms with Crippen molar-refractivity contribution in [2.75, 3.05) is 9.80 Å². The zero-order chi connectivity index (χ0) is 42.1. The molecule has 0 radical (unpaired) electrons. The van der Waals surface area contributed by atoms with Crippen LogP contribution in [0, 0.1) is 13.8 Å². The van der Waals surface area contributed by atoms with Crippen LogP contribution in [0.25, 0.3) is 54.6 Å². The second kappa shape index (κ2) is 13.4. The number of para-hydroxylation sites is 2. The minimum Gasteiger partial charge on any atom is -0.310 e. The third-order valence-electron chi connectivity index (χ3n) is 14.4. The fourth-order valence-electron chi connectivity index (χ4n) is 11.7. The van der Waals surface area contributed by atoms with Gasteiger partial charge in [0.15, 0.2) is 0 Å². The van der Waals surface area contributed by atoms with Crippen LogP contribution in [-0.4, -0.2) is 16.1 Å². The molecule has 62 heavy (non-hydrogen) atoms. The SMILES string of the molecule is Cc1cc(N(c2ccccc2)c2cccc3c2[Si](C)(C)c2ccccc2-3)c2ccc3c(C)cc(N(c4ccccc4)c4cccc5c4[Si](C)(C)c4ccccc4-5)c4ccc1c2c34. The van der Waals surface area contributed by atoms with Gasteiger partial charge >= 0.3 is 0 Å². The highest BCUT2D eigenvalue weighted by atomic mass is 28.3. The van der Waals surface area contributed by atoms with Gasteiger partial charge in [-0.1, -0.05) is 160 Å². The van der Waals surface area contributed by atoms with E-state index in [4.69, 9.17) is 0 Å². The summed E-state index contributed by atoms with van der Waals surface area (Å²) in [4.78, 5) is 5.17. The first-order valence-electron chi connectivity index (χ1n) is 22.0. The molecule has 0 spiro atoms. The Balaban J connectivity index is 1.15. The maximum absolute atomic E-state index is 2.58. The van der Waals surface area contributed by atoms with Gasteiger partial charge in [0, 0.05) is 33.5 Å². The zero-order valence-electron chi connectivity index (χ0n) is 36.2. The van der Waals surface area contributed by atoms with Crippen molar-refractivity contribution < 1.29 is 0 Å². The number of anilines is 6. The second-order valence-corrected chi connectivity index (χ2v) is 27.2. The van der Waals surface area contributed by atoms with E-state index in [1.807, 2.05) is 0 Å². The molecule has 0 saturated heterocycles. The molecule has 0 N–H and O–H groups in total. The number of hydrogen-bond donors (Lipinski definition) is 0. The van der Waals surface area contributed by atoms with Crippen LogP contribution in [0.4, 0.5) is 34.1 Å². The van der Waals surface area contributed by atoms with E-state index in [0.29, 0.717) is 0 Å². The molecule has 0 saturated carbocycles. The lowest BCUT2D eigenvalue weighted by molar-refractivity contribution is 1.30. The van der Waals surface area contributed by atoms with E-state index in [-0.39, 0.29) is 0 Å². The molecule has 0 unspecified atom stereocenters. The Morgan fingerprint density at radius 1 is 0.323 bits per heavy atom. The first-order valence-corrected chi connectivity index (χ1v) is 28.0. The largest absolute Gasteiger partial charge is 0.310 e. The molecule has 2 nitrogen and oxygen atoms in total. The molecule has 0 aromatic heterocycles. The Labute approximate surface area is 366 Å². The Hall–Kier alpha value is -6.73. The predicted octanol–water partition coefficient (Wildman–Crippen LogP) is 13.7. The minimum absolute atomic E-state index is 1.17. The second-order valence-electron chi connectivity index (χ2n) is 18.6. The molecule has 0 bridgehead atoms. The van der Waals surface area contributed by atoms with Crippen molar-refractivity contribution in [2.24, 2.45) is 0 Å². The summed E-state index contributed by atoms with van der Waals surface area (Å²) in [5.74, 6) is 0. The summed E-state index contributed by atoms with van der Waals surface area (Å²) < 4.78 is 0. The van der Waals surface area contributed by atoms with Crippen LogP contribution >= 0.6 is 0 Å². The number of hydrogen-bond acceptors (Lipinski definition) is 2. The Morgan fingerprint density at radius 2 is 0.677 bits per heavy atom. The number of benzene rings is 10. The summed E-state index contributed by atoms with van der Waals surface area (Å²) in [6.45, 7) is 14.8. The molecule has 298 valence electrons. The van der Waals surface area contributed by atoms with Gasteiger partial charge in [0.2, 0.25) is 0 Å². The Morgan fingerprint density at radius 3 is 1.10 bits per heavy atom. The third kappa shape index (κ3) is 5.08. The van der Waals surface area contributed by atoms with Crippen molar-refractivity contribution in [1.82, 2.24) is 0 Å². The first kappa shape index (κ1) is 37.1. The average Bonchev–Trinajstić information content (AvgIpc) is 3.68. The lowest BCUT2D eigenvalue weighted by Gasteiger charge is -2.34. The van der Waals surface area contributed by atoms with Gasteiger partial charge in [-0.15, -0.1) is 0 Å². The molecular formula is C58H48N2Si2. The summed E-state index contributed by atoms with van der Waals surface area (Å²) in [6, 6.07) is 68.9. The van der Waals surface area contributed by atoms with E-state index in [0.717, 1.165) is 0 Å². The van der Waals surface area contributed by atoms with E-state index in [2.05, 4.69) is 232 Å². The summed E-state index contributed by atoms with van der Waals surface area (Å²) in [5.41, 5.74) is 15.5. The van der Waals surface area contributed by atoms with Crippen molar-refractivity contribution in [3.8, 4) is 22.3 Å². The Kier molecular flexibility index (Phi) is 8.00. The molecule has 0 aliphatic carbocycles. The van der Waals surface area contributed by atoms with Gasteiger partial charge in [-0.3, -0.25) is 0 Å². The predicted molar refractivity (Wildman–Crippen MR) is 273 cm³/mol. The zero-order valence-corrected chi connectivity index (χ0v) is 38.2. The molecular weight excluding hydrogens is 781 g/mol. The van der Waals surface area contributed by atoms with E-state index >= 15 is 0 Å². The van der Waals surface area contributed by atoms with Crippen molar-refractivity contribution in [1.29, 1.82) is 0 Å². The van der Waals surface area contributed by atoms with Crippen LogP contribution in [0.15, 0.2) is 182 Å². The van der Waals surface area contributed by atoms with Crippen LogP contribution in [0.2, 0.25) is 26.2 Å². The van der Waals surface area contributed by atoms with Gasteiger partial charge in [0.25, 0.3) is 0 Å². The maximum Gasteiger partial charge on any atom is 0.116 e. The molecule has 2 aliphatic rings. The number of fused-ring (bicyclic) bond motifs is 6. The van der Waals surface area contributed by atoms with Gasteiger partial charge in [0.05, 0.1) is 11.4 Å². The molecule has 4 heteroatoms. The van der Waals surface area contributed by atoms with E-state index < -0.39 is 16.1 Å². The number of nitrogens with zero attached hydrogens (tertiary/aromatic N) is 2. The van der Waals surface area contributed by atoms with Crippen molar-refractivity contribution in [2.45, 2.75) is 40.0 Å². The number of aryl methyl sites for hydroxylation is 2. The fourth-order valence-corrected chi connectivity index (χ4v) is 18.5. The van der Waals surface area contributed by atoms with Crippen LogP contribution < -0.4 is 30.5 Å². The van der Waals surface area contributed by atoms with Gasteiger partial charge in [0.1, 0.15) is 16.1 Å². The number of rotatable bonds is 6. The molecule has 10 aromatic rings. The standard InChI is InChI=1S/C58H48N2Si2/c1-37-35-51(59(39-19-9-7-10-20-39)49-27-17-25-45-43-23-13-15-29-53(43)61(3,4)57(45)49)47-34-32-42-38(2)36-52(48-33-31-41(37)55(47)56(42)48)60(40-21-11-8-12-22-40)50-28-18-26-46-44-24-14-16-30-54(44)62(5,6)58(46)50/h7-36H,1-6H3. The molecule has 2 aliphatic heterocycles. The van der Waals surface area contributed by atoms with E-state index in [9.17, 15) is 0 Å². The summed E-state index contributed by atoms with van der Waals surface area (Å²) >= 11 is 0. The highest BCUT2D eigenvalue weighted by molar-refractivity contribution is 7.05. The maximum atomic E-state index is 2.58. The van der Waals surface area contributed by atoms with Gasteiger partial charge in [-0.05, 0) is 138 Å². The molecule has 0 amide bonds. The molecule has 10 aromatic carbocycles. The third-order valence-corrected chi connectivity index (χ3v) is 21.5. The lowest BCUT2D eigenvalue weighted by atomic mass is 9.88. The highest BCUT2D eigenvalue weighted by Crippen LogP contribution is 2.50. The van der Waals surface area contributed by atoms with Crippen LogP contribution in [0.3, 0.4) is 0 Å². The smallest absolute Gasteiger partial charge is 0.116 e. The Bertz CT molecular complexity index is 3210. The molecule has 12 rings (SSSR count). The minimum atomic E-state index is -2.07.